The highest BCUT2D eigenvalue weighted by Gasteiger charge is 2.07. The lowest BCUT2D eigenvalue weighted by Crippen LogP contribution is -2.19. The van der Waals surface area contributed by atoms with E-state index in [0.29, 0.717) is 0 Å². The Morgan fingerprint density at radius 2 is 2.26 bits per heavy atom. The molecule has 0 aliphatic heterocycles. The smallest absolute Gasteiger partial charge is 0.269 e. The minimum Gasteiger partial charge on any atom is -0.458 e. The predicted molar refractivity (Wildman–Crippen MR) is 72.3 cm³/mol. The van der Waals surface area contributed by atoms with E-state index >= 15 is 0 Å². The second kappa shape index (κ2) is 6.34. The fourth-order valence-corrected chi connectivity index (χ4v) is 1.22. The van der Waals surface area contributed by atoms with Crippen LogP contribution in [0.1, 0.15) is 0 Å². The zero-order valence-electron chi connectivity index (χ0n) is 10.4. The van der Waals surface area contributed by atoms with Gasteiger partial charge in [0.1, 0.15) is 23.0 Å². The van der Waals surface area contributed by atoms with Crippen LogP contribution in [0.3, 0.4) is 0 Å². The van der Waals surface area contributed by atoms with Gasteiger partial charge in [-0.25, -0.2) is 4.39 Å². The molecule has 0 aliphatic rings. The minimum absolute atomic E-state index is 0.0207. The van der Waals surface area contributed by atoms with Crippen molar-refractivity contribution in [1.29, 1.82) is 0 Å². The average molecular weight is 263 g/mol. The summed E-state index contributed by atoms with van der Waals surface area (Å²) in [7, 11) is 1.46. The molecule has 0 saturated heterocycles. The molecule has 0 heterocycles. The quantitative estimate of drug-likeness (QED) is 0.279. The molecular formula is C13H14FN3O2. The Morgan fingerprint density at radius 3 is 2.79 bits per heavy atom. The highest BCUT2D eigenvalue weighted by molar-refractivity contribution is 5.93. The van der Waals surface area contributed by atoms with Crippen LogP contribution in [-0.4, -0.2) is 19.7 Å². The van der Waals surface area contributed by atoms with Crippen LogP contribution < -0.4 is 15.8 Å². The average Bonchev–Trinajstić information content (AvgIpc) is 2.39. The van der Waals surface area contributed by atoms with E-state index in [0.717, 1.165) is 6.07 Å². The van der Waals surface area contributed by atoms with E-state index in [2.05, 4.69) is 23.6 Å². The fraction of sp³-hybridized carbons (Fsp3) is 0.0769. The number of hydrogen-bond donors (Lipinski definition) is 2. The number of carbonyl (C=O) groups excluding carboxylic acids is 1. The maximum Gasteiger partial charge on any atom is 0.269 e. The second-order valence-electron chi connectivity index (χ2n) is 3.52. The van der Waals surface area contributed by atoms with Gasteiger partial charge in [-0.1, -0.05) is 6.58 Å². The van der Waals surface area contributed by atoms with Crippen molar-refractivity contribution in [2.24, 2.45) is 4.99 Å². The van der Waals surface area contributed by atoms with E-state index in [1.165, 1.54) is 25.3 Å². The molecule has 0 aromatic heterocycles. The molecule has 0 fully saturated rings. The molecule has 0 atom stereocenters. The summed E-state index contributed by atoms with van der Waals surface area (Å²) in [5.74, 6) is -0.686. The monoisotopic (exact) mass is 263 g/mol. The van der Waals surface area contributed by atoms with Crippen LogP contribution in [0.2, 0.25) is 0 Å². The third kappa shape index (κ3) is 3.95. The molecule has 1 amide bonds. The van der Waals surface area contributed by atoms with Gasteiger partial charge in [0.15, 0.2) is 0 Å². The van der Waals surface area contributed by atoms with Gasteiger partial charge in [-0.05, 0) is 18.9 Å². The van der Waals surface area contributed by atoms with Crippen LogP contribution in [0.25, 0.3) is 0 Å². The molecule has 0 bridgehead atoms. The third-order valence-corrected chi connectivity index (χ3v) is 2.15. The topological polar surface area (TPSA) is 76.7 Å². The van der Waals surface area contributed by atoms with Gasteiger partial charge >= 0.3 is 0 Å². The van der Waals surface area contributed by atoms with Gasteiger partial charge in [-0.2, -0.15) is 0 Å². The van der Waals surface area contributed by atoms with Gasteiger partial charge in [-0.3, -0.25) is 9.79 Å². The summed E-state index contributed by atoms with van der Waals surface area (Å²) < 4.78 is 18.4. The number of anilines is 1. The lowest BCUT2D eigenvalue weighted by Gasteiger charge is -2.07. The summed E-state index contributed by atoms with van der Waals surface area (Å²) in [6, 6.07) is 3.97. The number of nitrogen functional groups attached to an aromatic ring is 1. The zero-order valence-corrected chi connectivity index (χ0v) is 10.4. The second-order valence-corrected chi connectivity index (χ2v) is 3.52. The summed E-state index contributed by atoms with van der Waals surface area (Å²) in [4.78, 5) is 14.9. The number of rotatable bonds is 5. The summed E-state index contributed by atoms with van der Waals surface area (Å²) in [6.07, 6.45) is 1.29. The molecule has 0 aliphatic carbocycles. The first-order valence-electron chi connectivity index (χ1n) is 5.30. The maximum absolute atomic E-state index is 13.2. The van der Waals surface area contributed by atoms with Gasteiger partial charge < -0.3 is 15.8 Å². The van der Waals surface area contributed by atoms with Gasteiger partial charge in [0.2, 0.25) is 0 Å². The van der Waals surface area contributed by atoms with Crippen LogP contribution in [-0.2, 0) is 4.79 Å². The Kier molecular flexibility index (Phi) is 4.82. The van der Waals surface area contributed by atoms with E-state index in [4.69, 9.17) is 10.5 Å². The lowest BCUT2D eigenvalue weighted by molar-refractivity contribution is -0.117. The van der Waals surface area contributed by atoms with Crippen molar-refractivity contribution in [2.75, 3.05) is 12.8 Å². The minimum atomic E-state index is -0.595. The Balaban J connectivity index is 2.84. The lowest BCUT2D eigenvalue weighted by atomic mass is 10.3. The first-order valence-corrected chi connectivity index (χ1v) is 5.30. The van der Waals surface area contributed by atoms with Crippen LogP contribution in [0, 0.1) is 5.82 Å². The number of hydrogen-bond acceptors (Lipinski definition) is 4. The number of amides is 1. The Hall–Kier alpha value is -2.63. The molecule has 1 aromatic rings. The Labute approximate surface area is 110 Å². The van der Waals surface area contributed by atoms with Gasteiger partial charge in [0, 0.05) is 19.2 Å². The van der Waals surface area contributed by atoms with Gasteiger partial charge in [-0.15, -0.1) is 0 Å². The van der Waals surface area contributed by atoms with Crippen LogP contribution in [0.5, 0.6) is 5.75 Å². The van der Waals surface area contributed by atoms with Crippen molar-refractivity contribution in [1.82, 2.24) is 5.32 Å². The van der Waals surface area contributed by atoms with Crippen LogP contribution >= 0.6 is 0 Å². The predicted octanol–water partition coefficient (Wildman–Crippen LogP) is 1.63. The molecule has 0 radical (unpaired) electrons. The van der Waals surface area contributed by atoms with Crippen molar-refractivity contribution in [3.8, 4) is 5.75 Å². The van der Waals surface area contributed by atoms with Crippen LogP contribution in [0.15, 0.2) is 47.3 Å². The zero-order chi connectivity index (χ0) is 14.4. The van der Waals surface area contributed by atoms with Crippen molar-refractivity contribution in [2.45, 2.75) is 0 Å². The molecular weight excluding hydrogens is 249 g/mol. The Morgan fingerprint density at radius 1 is 1.58 bits per heavy atom. The molecule has 1 aromatic carbocycles. The summed E-state index contributed by atoms with van der Waals surface area (Å²) in [6.45, 7) is 6.85. The number of benzene rings is 1. The fourth-order valence-electron chi connectivity index (χ4n) is 1.22. The summed E-state index contributed by atoms with van der Waals surface area (Å²) in [5, 5.41) is 2.39. The molecule has 0 saturated carbocycles. The molecule has 0 spiro atoms. The highest BCUT2D eigenvalue weighted by atomic mass is 19.1. The standard InChI is InChI=1S/C13H14FN3O2/c1-8(6-12(16-2)13(18)17-3)19-9-4-5-11(15)10(14)7-9/h4-7H,1-2,15H2,3H3,(H,17,18)/b12-6-. The molecule has 19 heavy (non-hydrogen) atoms. The molecule has 5 nitrogen and oxygen atoms in total. The van der Waals surface area contributed by atoms with Gasteiger partial charge in [0.25, 0.3) is 5.91 Å². The van der Waals surface area contributed by atoms with Crippen molar-refractivity contribution in [3.63, 3.8) is 0 Å². The van der Waals surface area contributed by atoms with Crippen molar-refractivity contribution < 1.29 is 13.9 Å². The first kappa shape index (κ1) is 14.4. The SMILES string of the molecule is C=N/C(=C\C(=C)Oc1ccc(N)c(F)c1)C(=O)NC. The number of likely N-dealkylation sites (N-methyl/N-ethyl adjacent to an activating group) is 1. The molecule has 1 rings (SSSR count). The number of carbonyl (C=O) groups is 1. The molecule has 3 N–H and O–H groups in total. The van der Waals surface area contributed by atoms with E-state index < -0.39 is 11.7 Å². The van der Waals surface area contributed by atoms with Gasteiger partial charge in [0.05, 0.1) is 5.69 Å². The number of aliphatic imine (C=N–C) groups is 1. The van der Waals surface area contributed by atoms with E-state index in [-0.39, 0.29) is 22.9 Å². The van der Waals surface area contributed by atoms with E-state index in [1.807, 2.05) is 0 Å². The van der Waals surface area contributed by atoms with E-state index in [1.54, 1.807) is 0 Å². The number of halogens is 1. The number of ether oxygens (including phenoxy) is 1. The molecule has 100 valence electrons. The van der Waals surface area contributed by atoms with Crippen molar-refractivity contribution >= 4 is 18.3 Å². The first-order chi connectivity index (χ1) is 8.97. The number of nitrogens with one attached hydrogen (secondary N) is 1. The number of nitrogens with zero attached hydrogens (tertiary/aromatic N) is 1. The van der Waals surface area contributed by atoms with Crippen molar-refractivity contribution in [3.05, 3.63) is 48.1 Å². The normalized spacial score (nSPS) is 10.7. The largest absolute Gasteiger partial charge is 0.458 e. The third-order valence-electron chi connectivity index (χ3n) is 2.15. The van der Waals surface area contributed by atoms with E-state index in [9.17, 15) is 9.18 Å². The maximum atomic E-state index is 13.2. The molecule has 6 heteroatoms. The summed E-state index contributed by atoms with van der Waals surface area (Å²) in [5.41, 5.74) is 5.40. The number of nitrogens with two attached hydrogens (primary N) is 1. The van der Waals surface area contributed by atoms with Crippen LogP contribution in [0.4, 0.5) is 10.1 Å². The number of allylic oxidation sites excluding steroid dienone is 1. The summed E-state index contributed by atoms with van der Waals surface area (Å²) >= 11 is 0. The highest BCUT2D eigenvalue weighted by Crippen LogP contribution is 2.20. The Bertz CT molecular complexity index is 553. The molecule has 0 unspecified atom stereocenters.